The van der Waals surface area contributed by atoms with Crippen molar-refractivity contribution in [3.8, 4) is 0 Å². The fraction of sp³-hybridized carbons (Fsp3) is 0.821. The quantitative estimate of drug-likeness (QED) is 0.267. The van der Waals surface area contributed by atoms with Crippen molar-refractivity contribution in [3.05, 3.63) is 0 Å². The maximum Gasteiger partial charge on any atom is 0.315 e. The van der Waals surface area contributed by atoms with Crippen LogP contribution in [0.3, 0.4) is 0 Å². The molecule has 1 saturated heterocycles. The van der Waals surface area contributed by atoms with Gasteiger partial charge in [-0.3, -0.25) is 19.2 Å². The van der Waals surface area contributed by atoms with Gasteiger partial charge in [0.1, 0.15) is 12.1 Å². The molecule has 10 nitrogen and oxygen atoms in total. The predicted molar refractivity (Wildman–Crippen MR) is 152 cm³/mol. The van der Waals surface area contributed by atoms with E-state index < -0.39 is 41.1 Å². The summed E-state index contributed by atoms with van der Waals surface area (Å²) in [6, 6.07) is -2.96. The Bertz CT molecular complexity index is 926. The number of carbonyl (C=O) groups is 5. The second-order valence-electron chi connectivity index (χ2n) is 12.5. The summed E-state index contributed by atoms with van der Waals surface area (Å²) in [7, 11) is 0. The Labute approximate surface area is 236 Å². The van der Waals surface area contributed by atoms with E-state index >= 15 is 0 Å². The second-order valence-corrected chi connectivity index (χ2v) is 13.8. The van der Waals surface area contributed by atoms with Crippen LogP contribution in [0.5, 0.6) is 0 Å². The van der Waals surface area contributed by atoms with Gasteiger partial charge in [-0.2, -0.15) is 11.8 Å². The van der Waals surface area contributed by atoms with Gasteiger partial charge in [-0.25, -0.2) is 4.79 Å². The van der Waals surface area contributed by atoms with Crippen molar-refractivity contribution in [2.24, 2.45) is 17.1 Å². The highest BCUT2D eigenvalue weighted by Gasteiger charge is 2.44. The molecule has 2 aliphatic carbocycles. The lowest BCUT2D eigenvalue weighted by Gasteiger charge is -2.40. The van der Waals surface area contributed by atoms with Crippen LogP contribution in [0.2, 0.25) is 0 Å². The maximum atomic E-state index is 13.9. The van der Waals surface area contributed by atoms with Gasteiger partial charge >= 0.3 is 6.03 Å². The molecule has 5 N–H and O–H groups in total. The van der Waals surface area contributed by atoms with Crippen molar-refractivity contribution in [2.45, 2.75) is 116 Å². The molecule has 3 atom stereocenters. The standard InChI is InChI=1S/C28H47N5O5S/c1-5-39-17-28(13-7-6-8-14-28)32-26(38)31-22(27(2,3)4)25(37)33-15-9-10-20(33)24(36)30-19(16-18-11-12-18)21(34)23(29)35/h18-20,22H,5-17H2,1-4H3,(H2,29,35)(H,30,36)(H2,31,32,38)/t19?,20-,22?/m0/s1. The van der Waals surface area contributed by atoms with Crippen molar-refractivity contribution in [1.29, 1.82) is 0 Å². The monoisotopic (exact) mass is 565 g/mol. The number of likely N-dealkylation sites (tertiary alicyclic amines) is 1. The summed E-state index contributed by atoms with van der Waals surface area (Å²) in [5.74, 6) is -0.570. The average molecular weight is 566 g/mol. The minimum absolute atomic E-state index is 0.284. The molecule has 0 spiro atoms. The van der Waals surface area contributed by atoms with E-state index in [0.717, 1.165) is 56.5 Å². The summed E-state index contributed by atoms with van der Waals surface area (Å²) in [5.41, 5.74) is 4.33. The van der Waals surface area contributed by atoms with Gasteiger partial charge in [0.15, 0.2) is 0 Å². The van der Waals surface area contributed by atoms with Crippen LogP contribution in [0.15, 0.2) is 0 Å². The van der Waals surface area contributed by atoms with Crippen LogP contribution < -0.4 is 21.7 Å². The SMILES string of the molecule is CCSCC1(NC(=O)NC(C(=O)N2CCC[C@H]2C(=O)NC(CC2CC2)C(=O)C(N)=O)C(C)(C)C)CCCCC1. The van der Waals surface area contributed by atoms with E-state index in [9.17, 15) is 24.0 Å². The molecule has 3 fully saturated rings. The van der Waals surface area contributed by atoms with Gasteiger partial charge < -0.3 is 26.6 Å². The van der Waals surface area contributed by atoms with E-state index in [1.807, 2.05) is 32.5 Å². The number of nitrogens with one attached hydrogen (secondary N) is 3. The lowest BCUT2D eigenvalue weighted by atomic mass is 9.83. The van der Waals surface area contributed by atoms with Gasteiger partial charge in [0.05, 0.1) is 11.6 Å². The van der Waals surface area contributed by atoms with Crippen LogP contribution in [0, 0.1) is 11.3 Å². The molecule has 3 aliphatic rings. The molecular weight excluding hydrogens is 518 g/mol. The highest BCUT2D eigenvalue weighted by atomic mass is 32.2. The molecule has 0 aromatic heterocycles. The van der Waals surface area contributed by atoms with Crippen LogP contribution in [0.4, 0.5) is 4.79 Å². The number of hydrogen-bond donors (Lipinski definition) is 4. The Kier molecular flexibility index (Phi) is 10.7. The van der Waals surface area contributed by atoms with Gasteiger partial charge in [-0.15, -0.1) is 0 Å². The van der Waals surface area contributed by atoms with Crippen molar-refractivity contribution in [2.75, 3.05) is 18.1 Å². The number of ketones is 1. The zero-order valence-electron chi connectivity index (χ0n) is 24.0. The Hall–Kier alpha value is -2.30. The number of carbonyl (C=O) groups excluding carboxylic acids is 5. The molecule has 3 rings (SSSR count). The third-order valence-corrected chi connectivity index (χ3v) is 9.31. The van der Waals surface area contributed by atoms with Gasteiger partial charge in [0, 0.05) is 12.3 Å². The lowest BCUT2D eigenvalue weighted by molar-refractivity contribution is -0.143. The highest BCUT2D eigenvalue weighted by molar-refractivity contribution is 7.99. The summed E-state index contributed by atoms with van der Waals surface area (Å²) in [4.78, 5) is 65.9. The average Bonchev–Trinajstić information content (AvgIpc) is 3.55. The molecule has 220 valence electrons. The third-order valence-electron chi connectivity index (χ3n) is 8.14. The number of primary amides is 1. The molecule has 0 aromatic carbocycles. The number of urea groups is 1. The number of nitrogens with two attached hydrogens (primary N) is 1. The largest absolute Gasteiger partial charge is 0.363 e. The van der Waals surface area contributed by atoms with Crippen LogP contribution >= 0.6 is 11.8 Å². The first-order valence-corrected chi connectivity index (χ1v) is 15.6. The van der Waals surface area contributed by atoms with Gasteiger partial charge in [-0.1, -0.05) is 59.8 Å². The minimum Gasteiger partial charge on any atom is -0.363 e. The molecular formula is C28H47N5O5S. The summed E-state index contributed by atoms with van der Waals surface area (Å²) in [5, 5.41) is 8.88. The van der Waals surface area contributed by atoms with Crippen molar-refractivity contribution in [3.63, 3.8) is 0 Å². The summed E-state index contributed by atoms with van der Waals surface area (Å²) >= 11 is 1.81. The maximum absolute atomic E-state index is 13.9. The molecule has 5 amide bonds. The zero-order chi connectivity index (χ0) is 28.8. The molecule has 39 heavy (non-hydrogen) atoms. The van der Waals surface area contributed by atoms with Crippen LogP contribution in [-0.2, 0) is 19.2 Å². The predicted octanol–water partition coefficient (Wildman–Crippen LogP) is 2.49. The fourth-order valence-corrected chi connectivity index (χ4v) is 6.67. The smallest absolute Gasteiger partial charge is 0.315 e. The zero-order valence-corrected chi connectivity index (χ0v) is 24.8. The molecule has 0 radical (unpaired) electrons. The third kappa shape index (κ3) is 8.59. The molecule has 11 heteroatoms. The molecule has 0 bridgehead atoms. The van der Waals surface area contributed by atoms with E-state index in [0.29, 0.717) is 25.8 Å². The first-order chi connectivity index (χ1) is 18.4. The highest BCUT2D eigenvalue weighted by Crippen LogP contribution is 2.34. The van der Waals surface area contributed by atoms with Gasteiger partial charge in [0.2, 0.25) is 17.6 Å². The van der Waals surface area contributed by atoms with Crippen molar-refractivity contribution < 1.29 is 24.0 Å². The number of amides is 5. The van der Waals surface area contributed by atoms with Gasteiger partial charge in [-0.05, 0) is 49.2 Å². The van der Waals surface area contributed by atoms with E-state index in [2.05, 4.69) is 22.9 Å². The topological polar surface area (TPSA) is 151 Å². The summed E-state index contributed by atoms with van der Waals surface area (Å²) in [6.07, 6.45) is 8.48. The molecule has 1 aliphatic heterocycles. The fourth-order valence-electron chi connectivity index (χ4n) is 5.72. The Balaban J connectivity index is 1.70. The van der Waals surface area contributed by atoms with Crippen LogP contribution in [-0.4, -0.2) is 76.2 Å². The molecule has 0 aromatic rings. The number of Topliss-reactive ketones (excluding diaryl/α,β-unsaturated/α-hetero) is 1. The Morgan fingerprint density at radius 1 is 1.00 bits per heavy atom. The summed E-state index contributed by atoms with van der Waals surface area (Å²) < 4.78 is 0. The van der Waals surface area contributed by atoms with E-state index in [-0.39, 0.29) is 23.4 Å². The van der Waals surface area contributed by atoms with Crippen LogP contribution in [0.1, 0.15) is 91.9 Å². The number of rotatable bonds is 12. The van der Waals surface area contributed by atoms with E-state index in [1.165, 1.54) is 4.90 Å². The Morgan fingerprint density at radius 3 is 2.23 bits per heavy atom. The number of nitrogens with zero attached hydrogens (tertiary/aromatic N) is 1. The number of thioether (sulfide) groups is 1. The lowest BCUT2D eigenvalue weighted by Crippen LogP contribution is -2.62. The second kappa shape index (κ2) is 13.4. The number of hydrogen-bond acceptors (Lipinski definition) is 6. The molecule has 2 saturated carbocycles. The Morgan fingerprint density at radius 2 is 1.67 bits per heavy atom. The van der Waals surface area contributed by atoms with Crippen molar-refractivity contribution in [1.82, 2.24) is 20.9 Å². The normalized spacial score (nSPS) is 22.5. The first kappa shape index (κ1) is 31.2. The van der Waals surface area contributed by atoms with Gasteiger partial charge in [0.25, 0.3) is 5.91 Å². The minimum atomic E-state index is -1.07. The van der Waals surface area contributed by atoms with Crippen molar-refractivity contribution >= 4 is 41.3 Å². The molecule has 2 unspecified atom stereocenters. The first-order valence-electron chi connectivity index (χ1n) is 14.5. The summed E-state index contributed by atoms with van der Waals surface area (Å²) in [6.45, 7) is 8.15. The molecule has 1 heterocycles. The van der Waals surface area contributed by atoms with Crippen LogP contribution in [0.25, 0.3) is 0 Å². The van der Waals surface area contributed by atoms with E-state index in [1.54, 1.807) is 0 Å². The van der Waals surface area contributed by atoms with E-state index in [4.69, 9.17) is 5.73 Å².